The maximum Gasteiger partial charge on any atom is 0.405 e. The minimum Gasteiger partial charge on any atom is -0.465 e. The molecule has 15 heavy (non-hydrogen) atoms. The van der Waals surface area contributed by atoms with E-state index in [4.69, 9.17) is 11.5 Å². The van der Waals surface area contributed by atoms with Crippen LogP contribution in [0.25, 0.3) is 0 Å². The lowest BCUT2D eigenvalue weighted by Gasteiger charge is -2.27. The molecular formula is C11H17NO3. The highest BCUT2D eigenvalue weighted by molar-refractivity contribution is 5.96. The molecule has 0 unspecified atom stereocenters. The topological polar surface area (TPSA) is 66.4 Å². The molecule has 0 aromatic carbocycles. The molecule has 4 heteroatoms. The van der Waals surface area contributed by atoms with Gasteiger partial charge >= 0.3 is 6.09 Å². The van der Waals surface area contributed by atoms with Gasteiger partial charge in [0.25, 0.3) is 0 Å². The molecule has 0 aliphatic carbocycles. The van der Waals surface area contributed by atoms with Crippen molar-refractivity contribution in [1.29, 1.82) is 0 Å². The van der Waals surface area contributed by atoms with E-state index in [0.29, 0.717) is 12.8 Å². The molecule has 0 spiro atoms. The molecule has 0 rings (SSSR count). The summed E-state index contributed by atoms with van der Waals surface area (Å²) >= 11 is 0. The first-order chi connectivity index (χ1) is 6.82. The highest BCUT2D eigenvalue weighted by Crippen LogP contribution is 2.19. The molecule has 1 amide bonds. The van der Waals surface area contributed by atoms with Gasteiger partial charge in [-0.1, -0.05) is 6.92 Å². The monoisotopic (exact) mass is 211 g/mol. The normalized spacial score (nSPS) is 12.7. The summed E-state index contributed by atoms with van der Waals surface area (Å²) in [6.07, 6.45) is 4.97. The molecular weight excluding hydrogens is 194 g/mol. The van der Waals surface area contributed by atoms with Crippen molar-refractivity contribution in [3.05, 3.63) is 0 Å². The average Bonchev–Trinajstić information content (AvgIpc) is 2.11. The highest BCUT2D eigenvalue weighted by atomic mass is 16.4. The van der Waals surface area contributed by atoms with Crippen LogP contribution in [0.3, 0.4) is 0 Å². The van der Waals surface area contributed by atoms with Crippen LogP contribution >= 0.6 is 0 Å². The number of nitrogens with one attached hydrogen (secondary N) is 1. The van der Waals surface area contributed by atoms with Crippen LogP contribution < -0.4 is 5.32 Å². The first-order valence-corrected chi connectivity index (χ1v) is 4.84. The fraction of sp³-hybridized carbons (Fsp3) is 0.636. The number of hydrogen-bond acceptors (Lipinski definition) is 2. The van der Waals surface area contributed by atoms with Crippen molar-refractivity contribution in [2.45, 2.75) is 39.2 Å². The van der Waals surface area contributed by atoms with Crippen molar-refractivity contribution >= 4 is 11.9 Å². The third-order valence-electron chi connectivity index (χ3n) is 2.21. The molecule has 0 aromatic heterocycles. The van der Waals surface area contributed by atoms with Crippen LogP contribution in [0.4, 0.5) is 4.79 Å². The SMILES string of the molecule is C#CC(=O)[C@@H](CC)CC(C)(C)NC(=O)O. The van der Waals surface area contributed by atoms with E-state index < -0.39 is 11.6 Å². The lowest BCUT2D eigenvalue weighted by atomic mass is 9.86. The van der Waals surface area contributed by atoms with Crippen molar-refractivity contribution in [3.63, 3.8) is 0 Å². The van der Waals surface area contributed by atoms with Gasteiger partial charge in [0.05, 0.1) is 0 Å². The van der Waals surface area contributed by atoms with Gasteiger partial charge in [-0.2, -0.15) is 0 Å². The van der Waals surface area contributed by atoms with Crippen LogP contribution in [0.15, 0.2) is 0 Å². The van der Waals surface area contributed by atoms with Gasteiger partial charge in [-0.25, -0.2) is 4.79 Å². The number of carboxylic acid groups (broad SMARTS) is 1. The Hall–Kier alpha value is -1.50. The Morgan fingerprint density at radius 3 is 2.40 bits per heavy atom. The van der Waals surface area contributed by atoms with Crippen molar-refractivity contribution in [1.82, 2.24) is 5.32 Å². The second-order valence-electron chi connectivity index (χ2n) is 4.13. The Bertz CT molecular complexity index is 289. The molecule has 0 saturated carbocycles. The summed E-state index contributed by atoms with van der Waals surface area (Å²) in [5.41, 5.74) is -0.640. The number of Topliss-reactive ketones (excluding diaryl/α,β-unsaturated/α-hetero) is 1. The van der Waals surface area contributed by atoms with Crippen molar-refractivity contribution in [2.75, 3.05) is 0 Å². The first kappa shape index (κ1) is 13.5. The molecule has 0 aromatic rings. The summed E-state index contributed by atoms with van der Waals surface area (Å²) in [6, 6.07) is 0. The van der Waals surface area contributed by atoms with Crippen molar-refractivity contribution < 1.29 is 14.7 Å². The van der Waals surface area contributed by atoms with Gasteiger partial charge in [0.15, 0.2) is 0 Å². The number of ketones is 1. The van der Waals surface area contributed by atoms with E-state index >= 15 is 0 Å². The lowest BCUT2D eigenvalue weighted by molar-refractivity contribution is -0.118. The summed E-state index contributed by atoms with van der Waals surface area (Å²) in [7, 11) is 0. The summed E-state index contributed by atoms with van der Waals surface area (Å²) in [4.78, 5) is 21.8. The molecule has 0 aliphatic heterocycles. The smallest absolute Gasteiger partial charge is 0.405 e. The largest absolute Gasteiger partial charge is 0.465 e. The number of terminal acetylenes is 1. The van der Waals surface area contributed by atoms with Gasteiger partial charge < -0.3 is 10.4 Å². The van der Waals surface area contributed by atoms with Crippen LogP contribution in [0.5, 0.6) is 0 Å². The van der Waals surface area contributed by atoms with Crippen LogP contribution in [0.2, 0.25) is 0 Å². The van der Waals surface area contributed by atoms with E-state index in [1.165, 1.54) is 0 Å². The van der Waals surface area contributed by atoms with Gasteiger partial charge in [0.2, 0.25) is 5.78 Å². The predicted molar refractivity (Wildman–Crippen MR) is 57.5 cm³/mol. The molecule has 0 bridgehead atoms. The predicted octanol–water partition coefficient (Wildman–Crippen LogP) is 1.65. The average molecular weight is 211 g/mol. The Morgan fingerprint density at radius 2 is 2.07 bits per heavy atom. The van der Waals surface area contributed by atoms with E-state index in [0.717, 1.165) is 0 Å². The second-order valence-corrected chi connectivity index (χ2v) is 4.13. The molecule has 2 N–H and O–H groups in total. The van der Waals surface area contributed by atoms with E-state index in [1.54, 1.807) is 13.8 Å². The Labute approximate surface area is 90.1 Å². The van der Waals surface area contributed by atoms with Crippen LogP contribution in [0, 0.1) is 18.3 Å². The third-order valence-corrected chi connectivity index (χ3v) is 2.21. The van der Waals surface area contributed by atoms with Gasteiger partial charge in [-0.15, -0.1) is 6.42 Å². The first-order valence-electron chi connectivity index (χ1n) is 4.84. The van der Waals surface area contributed by atoms with E-state index in [9.17, 15) is 9.59 Å². The van der Waals surface area contributed by atoms with Crippen LogP contribution in [-0.4, -0.2) is 22.5 Å². The Kier molecular flexibility index (Phi) is 4.86. The summed E-state index contributed by atoms with van der Waals surface area (Å²) in [5.74, 6) is 1.53. The maximum absolute atomic E-state index is 11.3. The quantitative estimate of drug-likeness (QED) is 0.536. The van der Waals surface area contributed by atoms with Gasteiger partial charge in [0.1, 0.15) is 0 Å². The molecule has 1 atom stereocenters. The minimum absolute atomic E-state index is 0.266. The molecule has 0 aliphatic rings. The van der Waals surface area contributed by atoms with Crippen molar-refractivity contribution in [2.24, 2.45) is 5.92 Å². The number of carbonyl (C=O) groups is 2. The second kappa shape index (κ2) is 5.40. The minimum atomic E-state index is -1.09. The Balaban J connectivity index is 4.47. The van der Waals surface area contributed by atoms with E-state index in [2.05, 4.69) is 11.2 Å². The number of carbonyl (C=O) groups excluding carboxylic acids is 1. The number of rotatable bonds is 5. The van der Waals surface area contributed by atoms with Gasteiger partial charge in [-0.3, -0.25) is 4.79 Å². The zero-order valence-corrected chi connectivity index (χ0v) is 9.33. The standard InChI is InChI=1S/C11H17NO3/c1-5-8(9(13)6-2)7-11(3,4)12-10(14)15/h2,8,12H,5,7H2,1,3-4H3,(H,14,15)/t8-/m0/s1. The molecule has 84 valence electrons. The number of hydrogen-bond donors (Lipinski definition) is 2. The molecule has 0 heterocycles. The zero-order valence-electron chi connectivity index (χ0n) is 9.33. The summed E-state index contributed by atoms with van der Waals surface area (Å²) in [5, 5.41) is 11.0. The Morgan fingerprint density at radius 1 is 1.53 bits per heavy atom. The van der Waals surface area contributed by atoms with E-state index in [1.807, 2.05) is 6.92 Å². The zero-order chi connectivity index (χ0) is 12.1. The molecule has 4 nitrogen and oxygen atoms in total. The molecule has 0 radical (unpaired) electrons. The van der Waals surface area contributed by atoms with Crippen LogP contribution in [-0.2, 0) is 4.79 Å². The number of amides is 1. The van der Waals surface area contributed by atoms with E-state index in [-0.39, 0.29) is 11.7 Å². The molecule has 0 saturated heterocycles. The fourth-order valence-electron chi connectivity index (χ4n) is 1.50. The summed E-state index contributed by atoms with van der Waals surface area (Å²) < 4.78 is 0. The van der Waals surface area contributed by atoms with Crippen LogP contribution in [0.1, 0.15) is 33.6 Å². The van der Waals surface area contributed by atoms with Crippen molar-refractivity contribution in [3.8, 4) is 12.3 Å². The maximum atomic E-state index is 11.3. The summed E-state index contributed by atoms with van der Waals surface area (Å²) in [6.45, 7) is 5.32. The fourth-order valence-corrected chi connectivity index (χ4v) is 1.50. The highest BCUT2D eigenvalue weighted by Gasteiger charge is 2.27. The van der Waals surface area contributed by atoms with Gasteiger partial charge in [0, 0.05) is 11.5 Å². The third kappa shape index (κ3) is 5.06. The van der Waals surface area contributed by atoms with Gasteiger partial charge in [-0.05, 0) is 32.6 Å². The molecule has 0 fully saturated rings. The lowest BCUT2D eigenvalue weighted by Crippen LogP contribution is -2.44.